The van der Waals surface area contributed by atoms with E-state index in [2.05, 4.69) is 28.7 Å². The van der Waals surface area contributed by atoms with Gasteiger partial charge in [0.05, 0.1) is 12.8 Å². The normalized spacial score (nSPS) is 10.4. The van der Waals surface area contributed by atoms with Crippen molar-refractivity contribution < 1.29 is 9.13 Å². The molecule has 17 heavy (non-hydrogen) atoms. The molecule has 5 heteroatoms. The molecule has 0 saturated carbocycles. The Labute approximate surface area is 102 Å². The third kappa shape index (κ3) is 3.28. The first-order chi connectivity index (χ1) is 8.13. The summed E-state index contributed by atoms with van der Waals surface area (Å²) in [7, 11) is 1.50. The Morgan fingerprint density at radius 3 is 2.24 bits per heavy atom. The van der Waals surface area contributed by atoms with Gasteiger partial charge in [-0.15, -0.1) is 0 Å². The van der Waals surface area contributed by atoms with E-state index in [-0.39, 0.29) is 0 Å². The van der Waals surface area contributed by atoms with Crippen molar-refractivity contribution in [3.05, 3.63) is 11.8 Å². The van der Waals surface area contributed by atoms with Crippen molar-refractivity contribution in [2.45, 2.75) is 33.6 Å². The van der Waals surface area contributed by atoms with Gasteiger partial charge in [0.1, 0.15) is 5.69 Å². The number of hydrogen-bond acceptors (Lipinski definition) is 4. The minimum Gasteiger partial charge on any atom is -0.479 e. The zero-order valence-electron chi connectivity index (χ0n) is 11.0. The van der Waals surface area contributed by atoms with Gasteiger partial charge in [-0.25, -0.2) is 4.98 Å². The molecule has 0 amide bonds. The summed E-state index contributed by atoms with van der Waals surface area (Å²) in [4.78, 5) is 9.61. The van der Waals surface area contributed by atoms with Crippen LogP contribution >= 0.6 is 0 Å². The smallest absolute Gasteiger partial charge is 0.312 e. The van der Waals surface area contributed by atoms with E-state index in [0.29, 0.717) is 11.6 Å². The SMILES string of the molecule is CCCN(CCC)c1c(C)nc(F)nc1OC. The minimum absolute atomic E-state index is 0.317. The highest BCUT2D eigenvalue weighted by molar-refractivity contribution is 5.58. The number of anilines is 1. The number of hydrogen-bond donors (Lipinski definition) is 0. The molecule has 1 aromatic heterocycles. The Balaban J connectivity index is 3.15. The van der Waals surface area contributed by atoms with E-state index >= 15 is 0 Å². The lowest BCUT2D eigenvalue weighted by atomic mass is 10.2. The van der Waals surface area contributed by atoms with Crippen LogP contribution in [-0.2, 0) is 0 Å². The number of ether oxygens (including phenoxy) is 1. The highest BCUT2D eigenvalue weighted by Gasteiger charge is 2.17. The predicted molar refractivity (Wildman–Crippen MR) is 66.1 cm³/mol. The topological polar surface area (TPSA) is 38.2 Å². The van der Waals surface area contributed by atoms with Crippen molar-refractivity contribution in [1.29, 1.82) is 0 Å². The Morgan fingerprint density at radius 1 is 1.18 bits per heavy atom. The second kappa shape index (κ2) is 6.37. The Kier molecular flexibility index (Phi) is 5.12. The first-order valence-corrected chi connectivity index (χ1v) is 5.97. The first kappa shape index (κ1) is 13.7. The van der Waals surface area contributed by atoms with Crippen LogP contribution in [0.1, 0.15) is 32.4 Å². The van der Waals surface area contributed by atoms with Crippen molar-refractivity contribution in [3.63, 3.8) is 0 Å². The molecule has 0 radical (unpaired) electrons. The van der Waals surface area contributed by atoms with Crippen LogP contribution < -0.4 is 9.64 Å². The number of methoxy groups -OCH3 is 1. The van der Waals surface area contributed by atoms with Gasteiger partial charge in [0.15, 0.2) is 0 Å². The first-order valence-electron chi connectivity index (χ1n) is 5.97. The van der Waals surface area contributed by atoms with Gasteiger partial charge in [-0.1, -0.05) is 13.8 Å². The van der Waals surface area contributed by atoms with Crippen molar-refractivity contribution >= 4 is 5.69 Å². The Bertz CT molecular complexity index is 365. The number of nitrogens with zero attached hydrogens (tertiary/aromatic N) is 3. The number of rotatable bonds is 6. The zero-order valence-corrected chi connectivity index (χ0v) is 11.0. The molecule has 0 aromatic carbocycles. The monoisotopic (exact) mass is 241 g/mol. The third-order valence-corrected chi connectivity index (χ3v) is 2.50. The lowest BCUT2D eigenvalue weighted by Gasteiger charge is -2.25. The summed E-state index contributed by atoms with van der Waals surface area (Å²) in [5.41, 5.74) is 1.42. The summed E-state index contributed by atoms with van der Waals surface area (Å²) in [5, 5.41) is 0. The second-order valence-electron chi connectivity index (χ2n) is 3.92. The van der Waals surface area contributed by atoms with Crippen LogP contribution in [0.3, 0.4) is 0 Å². The molecule has 1 heterocycles. The zero-order chi connectivity index (χ0) is 12.8. The van der Waals surface area contributed by atoms with Crippen molar-refractivity contribution in [3.8, 4) is 5.88 Å². The van der Waals surface area contributed by atoms with Gasteiger partial charge in [0, 0.05) is 13.1 Å². The molecule has 1 rings (SSSR count). The maximum atomic E-state index is 13.1. The molecular formula is C12H20FN3O. The van der Waals surface area contributed by atoms with Gasteiger partial charge < -0.3 is 9.64 Å². The Hall–Kier alpha value is -1.39. The van der Waals surface area contributed by atoms with Crippen LogP contribution in [0.25, 0.3) is 0 Å². The van der Waals surface area contributed by atoms with E-state index in [1.807, 2.05) is 0 Å². The van der Waals surface area contributed by atoms with Gasteiger partial charge in [-0.2, -0.15) is 9.37 Å². The molecule has 0 aliphatic carbocycles. The number of halogens is 1. The summed E-state index contributed by atoms with van der Waals surface area (Å²) in [6.07, 6.45) is 1.29. The van der Waals surface area contributed by atoms with Gasteiger partial charge >= 0.3 is 6.08 Å². The summed E-state index contributed by atoms with van der Waals surface area (Å²) in [6.45, 7) is 7.77. The maximum absolute atomic E-state index is 13.1. The highest BCUT2D eigenvalue weighted by atomic mass is 19.1. The molecule has 0 fully saturated rings. The van der Waals surface area contributed by atoms with Crippen molar-refractivity contribution in [2.24, 2.45) is 0 Å². The summed E-state index contributed by atoms with van der Waals surface area (Å²) in [5.74, 6) is 0.317. The minimum atomic E-state index is -0.740. The van der Waals surface area contributed by atoms with Crippen LogP contribution in [0.5, 0.6) is 5.88 Å². The number of aromatic nitrogens is 2. The van der Waals surface area contributed by atoms with Crippen LogP contribution in [0, 0.1) is 13.0 Å². The van der Waals surface area contributed by atoms with E-state index in [0.717, 1.165) is 31.6 Å². The average Bonchev–Trinajstić information content (AvgIpc) is 2.28. The quantitative estimate of drug-likeness (QED) is 0.717. The van der Waals surface area contributed by atoms with Gasteiger partial charge in [0.2, 0.25) is 5.88 Å². The standard InChI is InChI=1S/C12H20FN3O/c1-5-7-16(8-6-2)10-9(3)14-12(13)15-11(10)17-4/h5-8H2,1-4H3. The van der Waals surface area contributed by atoms with Gasteiger partial charge in [-0.05, 0) is 19.8 Å². The van der Waals surface area contributed by atoms with E-state index < -0.39 is 6.08 Å². The molecule has 0 atom stereocenters. The van der Waals surface area contributed by atoms with Crippen LogP contribution in [0.4, 0.5) is 10.1 Å². The van der Waals surface area contributed by atoms with Crippen LogP contribution in [0.15, 0.2) is 0 Å². The fourth-order valence-corrected chi connectivity index (χ4v) is 1.89. The average molecular weight is 241 g/mol. The van der Waals surface area contributed by atoms with E-state index in [1.54, 1.807) is 6.92 Å². The van der Waals surface area contributed by atoms with Gasteiger partial charge in [-0.3, -0.25) is 0 Å². The molecule has 0 aliphatic rings. The van der Waals surface area contributed by atoms with Crippen LogP contribution in [0.2, 0.25) is 0 Å². The largest absolute Gasteiger partial charge is 0.479 e. The molecular weight excluding hydrogens is 221 g/mol. The van der Waals surface area contributed by atoms with E-state index in [9.17, 15) is 4.39 Å². The molecule has 0 unspecified atom stereocenters. The molecule has 1 aromatic rings. The van der Waals surface area contributed by atoms with Crippen LogP contribution in [-0.4, -0.2) is 30.2 Å². The molecule has 4 nitrogen and oxygen atoms in total. The highest BCUT2D eigenvalue weighted by Crippen LogP contribution is 2.29. The fraction of sp³-hybridized carbons (Fsp3) is 0.667. The Morgan fingerprint density at radius 2 is 1.76 bits per heavy atom. The lowest BCUT2D eigenvalue weighted by molar-refractivity contribution is 0.380. The number of aryl methyl sites for hydroxylation is 1. The predicted octanol–water partition coefficient (Wildman–Crippen LogP) is 2.56. The van der Waals surface area contributed by atoms with Gasteiger partial charge in [0.25, 0.3) is 0 Å². The van der Waals surface area contributed by atoms with Crippen molar-refractivity contribution in [1.82, 2.24) is 9.97 Å². The second-order valence-corrected chi connectivity index (χ2v) is 3.92. The molecule has 0 N–H and O–H groups in total. The fourth-order valence-electron chi connectivity index (χ4n) is 1.89. The molecule has 0 saturated heterocycles. The maximum Gasteiger partial charge on any atom is 0.312 e. The molecule has 0 aliphatic heterocycles. The molecule has 96 valence electrons. The van der Waals surface area contributed by atoms with E-state index in [4.69, 9.17) is 4.74 Å². The summed E-state index contributed by atoms with van der Waals surface area (Å²) in [6, 6.07) is 0. The summed E-state index contributed by atoms with van der Waals surface area (Å²) >= 11 is 0. The third-order valence-electron chi connectivity index (χ3n) is 2.50. The lowest BCUT2D eigenvalue weighted by Crippen LogP contribution is -2.27. The summed E-state index contributed by atoms with van der Waals surface area (Å²) < 4.78 is 18.3. The van der Waals surface area contributed by atoms with E-state index in [1.165, 1.54) is 7.11 Å². The molecule has 0 bridgehead atoms. The van der Waals surface area contributed by atoms with Crippen molar-refractivity contribution in [2.75, 3.05) is 25.1 Å². The molecule has 0 spiro atoms.